The predicted molar refractivity (Wildman–Crippen MR) is 47.5 cm³/mol. The van der Waals surface area contributed by atoms with Crippen LogP contribution in [0.2, 0.25) is 0 Å². The van der Waals surface area contributed by atoms with Crippen molar-refractivity contribution in [2.45, 2.75) is 42.5 Å². The summed E-state index contributed by atoms with van der Waals surface area (Å²) in [6, 6.07) is 0. The lowest BCUT2D eigenvalue weighted by molar-refractivity contribution is 1.09. The van der Waals surface area contributed by atoms with Gasteiger partial charge in [0.2, 0.25) is 0 Å². The first-order chi connectivity index (χ1) is 1.41. The first-order valence-electron chi connectivity index (χ1n) is 1.41. The second kappa shape index (κ2) is 114. The molecule has 1 heteroatoms. The Morgan fingerprint density at radius 2 is 0.857 bits per heavy atom. The minimum Gasteiger partial charge on any atom is -0.0776 e. The number of rotatable bonds is 0. The van der Waals surface area contributed by atoms with Crippen molar-refractivity contribution in [1.29, 1.82) is 0 Å². The lowest BCUT2D eigenvalue weighted by atomic mass is 10.6. The Morgan fingerprint density at radius 1 is 0.857 bits per heavy atom. The van der Waals surface area contributed by atoms with Gasteiger partial charge in [0.05, 0.1) is 0 Å². The molecule has 0 unspecified atom stereocenters. The fourth-order valence-corrected chi connectivity index (χ4v) is 0. The van der Waals surface area contributed by atoms with E-state index < -0.39 is 0 Å². The molecule has 0 aliphatic carbocycles. The first-order valence-corrected chi connectivity index (χ1v) is 1.41. The van der Waals surface area contributed by atoms with Gasteiger partial charge in [-0.05, 0) is 11.0 Å². The molecule has 0 aromatic rings. The molecule has 0 aromatic heterocycles. The molecule has 0 N–H and O–H groups in total. The fourth-order valence-electron chi connectivity index (χ4n) is 0. The molecule has 0 rings (SSSR count). The molecule has 7 heavy (non-hydrogen) atoms. The van der Waals surface area contributed by atoms with Crippen LogP contribution in [0.25, 0.3) is 0 Å². The van der Waals surface area contributed by atoms with Gasteiger partial charge in [-0.25, -0.2) is 0 Å². The minimum atomic E-state index is 0. The molecule has 52 valence electrons. The monoisotopic (exact) mass is 124 g/mol. The van der Waals surface area contributed by atoms with Crippen LogP contribution >= 0.6 is 0 Å². The molecule has 0 saturated carbocycles. The highest BCUT2D eigenvalue weighted by atomic mass is 28.1. The third-order valence-corrected chi connectivity index (χ3v) is 0. The highest BCUT2D eigenvalue weighted by molar-refractivity contribution is 5.75. The Bertz CT molecular complexity index is 4.14. The van der Waals surface area contributed by atoms with Crippen LogP contribution < -0.4 is 0 Å². The molecule has 0 atom stereocenters. The van der Waals surface area contributed by atoms with Crippen molar-refractivity contribution in [3.63, 3.8) is 0 Å². The zero-order valence-corrected chi connectivity index (χ0v) is 2.71. The van der Waals surface area contributed by atoms with Gasteiger partial charge in [0, 0.05) is 0 Å². The van der Waals surface area contributed by atoms with Gasteiger partial charge in [0.15, 0.2) is 0 Å². The lowest BCUT2D eigenvalue weighted by Gasteiger charge is -1.48. The van der Waals surface area contributed by atoms with Crippen LogP contribution in [0.15, 0.2) is 0 Å². The van der Waals surface area contributed by atoms with E-state index in [-0.39, 0.29) is 33.2 Å². The lowest BCUT2D eigenvalue weighted by Crippen LogP contribution is -1.27. The molecule has 0 nitrogen and oxygen atoms in total. The maximum atomic E-state index is 2.12. The second-order valence-electron chi connectivity index (χ2n) is 0.707. The van der Waals surface area contributed by atoms with Crippen LogP contribution in [0, 0.1) is 0 Å². The van der Waals surface area contributed by atoms with Crippen molar-refractivity contribution < 1.29 is 0 Å². The molecule has 0 radical (unpaired) electrons. The van der Waals surface area contributed by atoms with Crippen molar-refractivity contribution in [3.8, 4) is 0 Å². The molecular formula is C6H24Si. The van der Waals surface area contributed by atoms with E-state index in [4.69, 9.17) is 0 Å². The quantitative estimate of drug-likeness (QED) is 0.433. The third kappa shape index (κ3) is 2350. The summed E-state index contributed by atoms with van der Waals surface area (Å²) in [6.45, 7) is 4.25. The maximum absolute atomic E-state index is 2.12. The minimum absolute atomic E-state index is 0. The first kappa shape index (κ1) is 56.8. The van der Waals surface area contributed by atoms with Crippen molar-refractivity contribution >= 4 is 11.0 Å². The summed E-state index contributed by atoms with van der Waals surface area (Å²) in [4.78, 5) is 0. The van der Waals surface area contributed by atoms with E-state index in [2.05, 4.69) is 13.8 Å². The van der Waals surface area contributed by atoms with E-state index in [1.165, 1.54) is 6.42 Å². The highest BCUT2D eigenvalue weighted by Gasteiger charge is 1.35. The molecular weight excluding hydrogens is 100 g/mol. The van der Waals surface area contributed by atoms with E-state index in [1.807, 2.05) is 0 Å². The molecule has 0 bridgehead atoms. The normalized spacial score (nSPS) is 2.57. The Kier molecular flexibility index (Phi) is 926. The Labute approximate surface area is 54.4 Å². The Morgan fingerprint density at radius 3 is 0.857 bits per heavy atom. The van der Waals surface area contributed by atoms with Gasteiger partial charge in [-0.1, -0.05) is 42.5 Å². The van der Waals surface area contributed by atoms with E-state index in [0.29, 0.717) is 0 Å². The summed E-state index contributed by atoms with van der Waals surface area (Å²) >= 11 is 0. The van der Waals surface area contributed by atoms with Crippen molar-refractivity contribution in [2.75, 3.05) is 0 Å². The predicted octanol–water partition coefficient (Wildman–Crippen LogP) is 1.87. The average Bonchev–Trinajstić information content (AvgIpc) is 0.918. The standard InChI is InChI=1S/C3H8.3CH4.H4Si/c1-3-2;;;;/h3H2,1-2H3;4*1H4. The van der Waals surface area contributed by atoms with Gasteiger partial charge < -0.3 is 0 Å². The van der Waals surface area contributed by atoms with Crippen LogP contribution in [0.5, 0.6) is 0 Å². The molecule has 0 amide bonds. The zero-order chi connectivity index (χ0) is 2.71. The largest absolute Gasteiger partial charge is 0.0776 e. The van der Waals surface area contributed by atoms with Crippen LogP contribution in [-0.4, -0.2) is 11.0 Å². The van der Waals surface area contributed by atoms with Crippen LogP contribution in [0.4, 0.5) is 0 Å². The summed E-state index contributed by atoms with van der Waals surface area (Å²) < 4.78 is 0. The third-order valence-electron chi connectivity index (χ3n) is 0. The van der Waals surface area contributed by atoms with E-state index >= 15 is 0 Å². The van der Waals surface area contributed by atoms with Crippen molar-refractivity contribution in [3.05, 3.63) is 0 Å². The Hall–Kier alpha value is 0.217. The SMILES string of the molecule is C.C.C.CCC.[SiH4]. The molecule has 0 fully saturated rings. The maximum Gasteiger partial charge on any atom is -0.0149 e. The summed E-state index contributed by atoms with van der Waals surface area (Å²) in [6.07, 6.45) is 1.25. The number of hydrogen-bond acceptors (Lipinski definition) is 0. The number of hydrogen-bond donors (Lipinski definition) is 0. The van der Waals surface area contributed by atoms with E-state index in [1.54, 1.807) is 0 Å². The van der Waals surface area contributed by atoms with Crippen LogP contribution in [0.1, 0.15) is 42.5 Å². The molecule has 0 aliphatic heterocycles. The van der Waals surface area contributed by atoms with Gasteiger partial charge in [0.25, 0.3) is 0 Å². The van der Waals surface area contributed by atoms with Gasteiger partial charge >= 0.3 is 0 Å². The average molecular weight is 124 g/mol. The summed E-state index contributed by atoms with van der Waals surface area (Å²) in [5, 5.41) is 0. The van der Waals surface area contributed by atoms with Crippen LogP contribution in [-0.2, 0) is 0 Å². The summed E-state index contributed by atoms with van der Waals surface area (Å²) in [7, 11) is 0. The zero-order valence-electron chi connectivity index (χ0n) is 2.71. The van der Waals surface area contributed by atoms with Crippen molar-refractivity contribution in [2.24, 2.45) is 0 Å². The van der Waals surface area contributed by atoms with Crippen LogP contribution in [0.3, 0.4) is 0 Å². The molecule has 0 spiro atoms. The van der Waals surface area contributed by atoms with E-state index in [9.17, 15) is 0 Å². The van der Waals surface area contributed by atoms with Gasteiger partial charge in [-0.15, -0.1) is 0 Å². The highest BCUT2D eigenvalue weighted by Crippen LogP contribution is 1.56. The van der Waals surface area contributed by atoms with Gasteiger partial charge in [0.1, 0.15) is 0 Å². The molecule has 0 saturated heterocycles. The summed E-state index contributed by atoms with van der Waals surface area (Å²) in [5.41, 5.74) is 0. The van der Waals surface area contributed by atoms with Gasteiger partial charge in [-0.2, -0.15) is 0 Å². The smallest absolute Gasteiger partial charge is 0.0149 e. The summed E-state index contributed by atoms with van der Waals surface area (Å²) in [5.74, 6) is 0. The molecule has 0 aromatic carbocycles. The van der Waals surface area contributed by atoms with Gasteiger partial charge in [-0.3, -0.25) is 0 Å². The Balaban J connectivity index is -0.00000000333. The van der Waals surface area contributed by atoms with E-state index in [0.717, 1.165) is 0 Å². The fraction of sp³-hybridized carbons (Fsp3) is 1.00. The topological polar surface area (TPSA) is 0 Å². The molecule has 0 heterocycles. The second-order valence-corrected chi connectivity index (χ2v) is 0.707. The van der Waals surface area contributed by atoms with Crippen molar-refractivity contribution in [1.82, 2.24) is 0 Å². The molecule has 0 aliphatic rings.